The molecule has 0 saturated heterocycles. The Kier molecular flexibility index (Phi) is 1.67. The first-order chi connectivity index (χ1) is 6.25. The second-order valence-corrected chi connectivity index (χ2v) is 2.86. The van der Waals surface area contributed by atoms with E-state index < -0.39 is 6.23 Å². The van der Waals surface area contributed by atoms with Gasteiger partial charge in [-0.3, -0.25) is 9.69 Å². The maximum atomic E-state index is 11.5. The zero-order valence-corrected chi connectivity index (χ0v) is 6.97. The third-order valence-corrected chi connectivity index (χ3v) is 2.16. The van der Waals surface area contributed by atoms with Crippen molar-refractivity contribution in [3.05, 3.63) is 48.2 Å². The lowest BCUT2D eigenvalue weighted by Gasteiger charge is -2.14. The molecule has 13 heavy (non-hydrogen) atoms. The number of hydrogen-bond acceptors (Lipinski definition) is 2. The number of amides is 1. The fraction of sp³-hybridized carbons (Fsp3) is 0.100. The van der Waals surface area contributed by atoms with Crippen molar-refractivity contribution in [1.82, 2.24) is 4.90 Å². The van der Waals surface area contributed by atoms with E-state index in [0.29, 0.717) is 11.1 Å². The maximum absolute atomic E-state index is 11.5. The molecule has 0 spiro atoms. The number of nitrogens with zero attached hydrogens (tertiary/aromatic N) is 1. The van der Waals surface area contributed by atoms with Gasteiger partial charge < -0.3 is 5.11 Å². The average Bonchev–Trinajstić information content (AvgIpc) is 2.41. The average molecular weight is 175 g/mol. The lowest BCUT2D eigenvalue weighted by molar-refractivity contribution is 0.0397. The first-order valence-corrected chi connectivity index (χ1v) is 3.98. The van der Waals surface area contributed by atoms with Gasteiger partial charge in [0.15, 0.2) is 6.23 Å². The van der Waals surface area contributed by atoms with Crippen LogP contribution < -0.4 is 0 Å². The molecule has 1 aromatic rings. The highest BCUT2D eigenvalue weighted by molar-refractivity contribution is 5.99. The smallest absolute Gasteiger partial charge is 0.260 e. The molecule has 1 amide bonds. The van der Waals surface area contributed by atoms with Crippen molar-refractivity contribution in [2.24, 2.45) is 0 Å². The zero-order valence-electron chi connectivity index (χ0n) is 6.97. The fourth-order valence-corrected chi connectivity index (χ4v) is 1.50. The van der Waals surface area contributed by atoms with E-state index in [4.69, 9.17) is 0 Å². The third kappa shape index (κ3) is 0.975. The van der Waals surface area contributed by atoms with Crippen molar-refractivity contribution in [3.8, 4) is 0 Å². The van der Waals surface area contributed by atoms with Crippen molar-refractivity contribution < 1.29 is 9.90 Å². The van der Waals surface area contributed by atoms with E-state index in [9.17, 15) is 9.90 Å². The molecule has 1 N–H and O–H groups in total. The molecule has 1 unspecified atom stereocenters. The van der Waals surface area contributed by atoms with E-state index in [1.807, 2.05) is 0 Å². The molecule has 0 fully saturated rings. The van der Waals surface area contributed by atoms with Crippen LogP contribution >= 0.6 is 0 Å². The highest BCUT2D eigenvalue weighted by Crippen LogP contribution is 2.30. The summed E-state index contributed by atoms with van der Waals surface area (Å²) in [6, 6.07) is 7.00. The molecule has 3 nitrogen and oxygen atoms in total. The van der Waals surface area contributed by atoms with E-state index in [1.54, 1.807) is 24.3 Å². The molecule has 0 saturated carbocycles. The molecule has 3 heteroatoms. The van der Waals surface area contributed by atoms with Gasteiger partial charge in [0.25, 0.3) is 5.91 Å². The van der Waals surface area contributed by atoms with Crippen LogP contribution in [0.3, 0.4) is 0 Å². The summed E-state index contributed by atoms with van der Waals surface area (Å²) in [6.07, 6.45) is 0.466. The molecule has 0 bridgehead atoms. The van der Waals surface area contributed by atoms with E-state index in [2.05, 4.69) is 6.58 Å². The van der Waals surface area contributed by atoms with Gasteiger partial charge >= 0.3 is 0 Å². The number of aliphatic hydroxyl groups excluding tert-OH is 1. The molecule has 1 aliphatic heterocycles. The Morgan fingerprint density at radius 3 is 2.77 bits per heavy atom. The number of rotatable bonds is 1. The van der Waals surface area contributed by atoms with Crippen LogP contribution in [0.1, 0.15) is 22.1 Å². The van der Waals surface area contributed by atoms with Crippen LogP contribution in [-0.4, -0.2) is 15.9 Å². The molecule has 0 aromatic heterocycles. The Morgan fingerprint density at radius 1 is 1.46 bits per heavy atom. The van der Waals surface area contributed by atoms with Gasteiger partial charge in [-0.25, -0.2) is 0 Å². The summed E-state index contributed by atoms with van der Waals surface area (Å²) >= 11 is 0. The number of fused-ring (bicyclic) bond motifs is 1. The first-order valence-electron chi connectivity index (χ1n) is 3.98. The minimum atomic E-state index is -0.874. The quantitative estimate of drug-likeness (QED) is 0.698. The molecule has 66 valence electrons. The molecule has 2 rings (SSSR count). The van der Waals surface area contributed by atoms with Gasteiger partial charge in [0, 0.05) is 17.3 Å². The van der Waals surface area contributed by atoms with E-state index in [-0.39, 0.29) is 5.91 Å². The van der Waals surface area contributed by atoms with Crippen LogP contribution in [0, 0.1) is 0 Å². The van der Waals surface area contributed by atoms with Gasteiger partial charge in [-0.1, -0.05) is 24.8 Å². The van der Waals surface area contributed by atoms with Gasteiger partial charge in [-0.2, -0.15) is 0 Å². The molecule has 1 aliphatic rings. The highest BCUT2D eigenvalue weighted by Gasteiger charge is 2.32. The normalized spacial score (nSPS) is 20.2. The van der Waals surface area contributed by atoms with Crippen molar-refractivity contribution >= 4 is 5.91 Å². The number of carbonyl (C=O) groups is 1. The van der Waals surface area contributed by atoms with Crippen LogP contribution in [0.5, 0.6) is 0 Å². The molecular formula is C10H9NO2. The summed E-state index contributed by atoms with van der Waals surface area (Å²) in [7, 11) is 0. The lowest BCUT2D eigenvalue weighted by atomic mass is 10.1. The summed E-state index contributed by atoms with van der Waals surface area (Å²) in [5, 5.41) is 9.65. The number of benzene rings is 1. The lowest BCUT2D eigenvalue weighted by Crippen LogP contribution is -2.21. The third-order valence-electron chi connectivity index (χ3n) is 2.16. The van der Waals surface area contributed by atoms with Crippen LogP contribution in [0.15, 0.2) is 37.0 Å². The Morgan fingerprint density at radius 2 is 2.15 bits per heavy atom. The Bertz CT molecular complexity index is 373. The van der Waals surface area contributed by atoms with Crippen LogP contribution in [0.4, 0.5) is 0 Å². The molecule has 1 atom stereocenters. The van der Waals surface area contributed by atoms with Crippen molar-refractivity contribution in [3.63, 3.8) is 0 Å². The van der Waals surface area contributed by atoms with Gasteiger partial charge in [0.2, 0.25) is 0 Å². The minimum absolute atomic E-state index is 0.196. The second kappa shape index (κ2) is 2.71. The summed E-state index contributed by atoms with van der Waals surface area (Å²) in [5.41, 5.74) is 1.20. The van der Waals surface area contributed by atoms with Gasteiger partial charge in [-0.15, -0.1) is 0 Å². The molecule has 1 heterocycles. The van der Waals surface area contributed by atoms with Gasteiger partial charge in [0.1, 0.15) is 0 Å². The largest absolute Gasteiger partial charge is 0.369 e. The van der Waals surface area contributed by atoms with Crippen molar-refractivity contribution in [2.45, 2.75) is 6.23 Å². The maximum Gasteiger partial charge on any atom is 0.260 e. The van der Waals surface area contributed by atoms with Crippen molar-refractivity contribution in [2.75, 3.05) is 0 Å². The number of carbonyl (C=O) groups excluding carboxylic acids is 1. The summed E-state index contributed by atoms with van der Waals surface area (Å²) in [5.74, 6) is -0.196. The molecular weight excluding hydrogens is 166 g/mol. The van der Waals surface area contributed by atoms with Crippen molar-refractivity contribution in [1.29, 1.82) is 0 Å². The summed E-state index contributed by atoms with van der Waals surface area (Å²) in [4.78, 5) is 12.7. The number of hydrogen-bond donors (Lipinski definition) is 1. The fourth-order valence-electron chi connectivity index (χ4n) is 1.50. The van der Waals surface area contributed by atoms with E-state index in [1.165, 1.54) is 11.1 Å². The molecule has 0 radical (unpaired) electrons. The predicted molar refractivity (Wildman–Crippen MR) is 47.8 cm³/mol. The first kappa shape index (κ1) is 8.01. The van der Waals surface area contributed by atoms with Crippen LogP contribution in [0.2, 0.25) is 0 Å². The zero-order chi connectivity index (χ0) is 9.42. The highest BCUT2D eigenvalue weighted by atomic mass is 16.3. The van der Waals surface area contributed by atoms with E-state index >= 15 is 0 Å². The number of aliphatic hydroxyl groups is 1. The van der Waals surface area contributed by atoms with Crippen LogP contribution in [-0.2, 0) is 0 Å². The topological polar surface area (TPSA) is 40.5 Å². The summed E-state index contributed by atoms with van der Waals surface area (Å²) < 4.78 is 0. The SMILES string of the molecule is C=CN1C(=O)c2ccccc2C1O. The minimum Gasteiger partial charge on any atom is -0.369 e. The van der Waals surface area contributed by atoms with Crippen LogP contribution in [0.25, 0.3) is 0 Å². The monoisotopic (exact) mass is 175 g/mol. The van der Waals surface area contributed by atoms with Gasteiger partial charge in [-0.05, 0) is 6.07 Å². The predicted octanol–water partition coefficient (Wildman–Crippen LogP) is 1.28. The Hall–Kier alpha value is -1.61. The standard InChI is InChI=1S/C10H9NO2/c1-2-11-9(12)7-5-3-4-6-8(7)10(11)13/h2-6,9,12H,1H2. The van der Waals surface area contributed by atoms with E-state index in [0.717, 1.165) is 0 Å². The Balaban J connectivity index is 2.56. The molecule has 1 aromatic carbocycles. The summed E-state index contributed by atoms with van der Waals surface area (Å²) in [6.45, 7) is 3.47. The molecule has 0 aliphatic carbocycles. The second-order valence-electron chi connectivity index (χ2n) is 2.86. The van der Waals surface area contributed by atoms with Gasteiger partial charge in [0.05, 0.1) is 0 Å². The Labute approximate surface area is 75.9 Å².